The first kappa shape index (κ1) is 14.2. The fraction of sp³-hybridized carbons (Fsp3) is 0.500. The van der Waals surface area contributed by atoms with E-state index in [1.54, 1.807) is 0 Å². The van der Waals surface area contributed by atoms with E-state index < -0.39 is 0 Å². The Morgan fingerprint density at radius 2 is 2.21 bits per heavy atom. The van der Waals surface area contributed by atoms with E-state index in [-0.39, 0.29) is 24.4 Å². The van der Waals surface area contributed by atoms with Crippen molar-refractivity contribution in [1.29, 1.82) is 0 Å². The fourth-order valence-electron chi connectivity index (χ4n) is 2.83. The first-order chi connectivity index (χ1) is 8.77. The molecule has 0 aromatic heterocycles. The molecule has 0 radical (unpaired) electrons. The molecule has 0 bridgehead atoms. The Bertz CT molecular complexity index is 473. The van der Waals surface area contributed by atoms with Crippen molar-refractivity contribution in [2.45, 2.75) is 31.8 Å². The van der Waals surface area contributed by atoms with Gasteiger partial charge in [-0.15, -0.1) is 12.4 Å². The zero-order chi connectivity index (χ0) is 12.5. The second kappa shape index (κ2) is 5.80. The van der Waals surface area contributed by atoms with Crippen LogP contribution in [-0.2, 0) is 16.0 Å². The Hall–Kier alpha value is -1.26. The van der Waals surface area contributed by atoms with Crippen LogP contribution in [0.2, 0.25) is 0 Å². The summed E-state index contributed by atoms with van der Waals surface area (Å²) in [7, 11) is 0. The van der Waals surface area contributed by atoms with Gasteiger partial charge in [-0.05, 0) is 43.4 Å². The molecule has 0 aliphatic carbocycles. The van der Waals surface area contributed by atoms with Crippen molar-refractivity contribution >= 4 is 29.7 Å². The first-order valence-corrected chi connectivity index (χ1v) is 6.58. The Kier molecular flexibility index (Phi) is 4.32. The van der Waals surface area contributed by atoms with Crippen LogP contribution in [0.25, 0.3) is 0 Å². The van der Waals surface area contributed by atoms with Crippen LogP contribution in [0.15, 0.2) is 18.2 Å². The van der Waals surface area contributed by atoms with E-state index in [2.05, 4.69) is 0 Å². The summed E-state index contributed by atoms with van der Waals surface area (Å²) in [4.78, 5) is 14.3. The molecule has 2 aliphatic heterocycles. The molecule has 0 spiro atoms. The second-order valence-corrected chi connectivity index (χ2v) is 4.94. The van der Waals surface area contributed by atoms with Gasteiger partial charge in [0.25, 0.3) is 5.91 Å². The average Bonchev–Trinajstić information content (AvgIpc) is 2.92. The van der Waals surface area contributed by atoms with Gasteiger partial charge in [-0.3, -0.25) is 4.79 Å². The molecule has 1 fully saturated rings. The van der Waals surface area contributed by atoms with Crippen molar-refractivity contribution < 1.29 is 9.53 Å². The molecule has 1 amide bonds. The molecule has 1 unspecified atom stereocenters. The molecule has 3 rings (SSSR count). The number of carbonyl (C=O) groups excluding carboxylic acids is 1. The number of fused-ring (bicyclic) bond motifs is 1. The van der Waals surface area contributed by atoms with Crippen molar-refractivity contribution in [3.8, 4) is 0 Å². The number of nitrogens with two attached hydrogens (primary N) is 1. The van der Waals surface area contributed by atoms with Crippen LogP contribution in [0.4, 0.5) is 11.4 Å². The molecule has 1 aromatic rings. The number of nitrogens with zero attached hydrogens (tertiary/aromatic N) is 1. The summed E-state index contributed by atoms with van der Waals surface area (Å²) in [5, 5.41) is 0. The SMILES string of the molecule is Cl.Nc1cccc2c1CCCN2C(=O)C1CCCO1. The lowest BCUT2D eigenvalue weighted by molar-refractivity contribution is -0.127. The van der Waals surface area contributed by atoms with E-state index in [4.69, 9.17) is 10.5 Å². The lowest BCUT2D eigenvalue weighted by atomic mass is 9.99. The Labute approximate surface area is 119 Å². The number of amides is 1. The van der Waals surface area contributed by atoms with Crippen LogP contribution < -0.4 is 10.6 Å². The summed E-state index contributed by atoms with van der Waals surface area (Å²) in [6, 6.07) is 5.80. The van der Waals surface area contributed by atoms with E-state index in [0.29, 0.717) is 6.61 Å². The van der Waals surface area contributed by atoms with Crippen LogP contribution in [0.3, 0.4) is 0 Å². The highest BCUT2D eigenvalue weighted by atomic mass is 35.5. The highest BCUT2D eigenvalue weighted by molar-refractivity contribution is 5.98. The van der Waals surface area contributed by atoms with Crippen molar-refractivity contribution in [1.82, 2.24) is 0 Å². The number of benzene rings is 1. The molecule has 2 heterocycles. The molecule has 5 heteroatoms. The smallest absolute Gasteiger partial charge is 0.256 e. The molecule has 1 saturated heterocycles. The highest BCUT2D eigenvalue weighted by Gasteiger charge is 2.31. The summed E-state index contributed by atoms with van der Waals surface area (Å²) in [6.07, 6.45) is 3.50. The van der Waals surface area contributed by atoms with Crippen LogP contribution in [0.5, 0.6) is 0 Å². The number of anilines is 2. The van der Waals surface area contributed by atoms with E-state index in [1.165, 1.54) is 0 Å². The van der Waals surface area contributed by atoms with Crippen LogP contribution >= 0.6 is 12.4 Å². The minimum Gasteiger partial charge on any atom is -0.398 e. The third-order valence-corrected chi connectivity index (χ3v) is 3.76. The van der Waals surface area contributed by atoms with Gasteiger partial charge in [0.2, 0.25) is 0 Å². The van der Waals surface area contributed by atoms with Gasteiger partial charge in [-0.1, -0.05) is 6.07 Å². The predicted octanol–water partition coefficient (Wildman–Crippen LogP) is 2.15. The van der Waals surface area contributed by atoms with Crippen LogP contribution in [-0.4, -0.2) is 25.2 Å². The van der Waals surface area contributed by atoms with Crippen LogP contribution in [0.1, 0.15) is 24.8 Å². The topological polar surface area (TPSA) is 55.6 Å². The maximum atomic E-state index is 12.4. The normalized spacial score (nSPS) is 21.7. The minimum absolute atomic E-state index is 0. The van der Waals surface area contributed by atoms with Crippen molar-refractivity contribution in [2.75, 3.05) is 23.8 Å². The molecule has 4 nitrogen and oxygen atoms in total. The van der Waals surface area contributed by atoms with Crippen LogP contribution in [0, 0.1) is 0 Å². The molecule has 104 valence electrons. The summed E-state index contributed by atoms with van der Waals surface area (Å²) in [6.45, 7) is 1.48. The summed E-state index contributed by atoms with van der Waals surface area (Å²) in [5.74, 6) is 0.0963. The second-order valence-electron chi connectivity index (χ2n) is 4.94. The van der Waals surface area contributed by atoms with Gasteiger partial charge in [0.1, 0.15) is 6.10 Å². The third kappa shape index (κ3) is 2.55. The van der Waals surface area contributed by atoms with Crippen molar-refractivity contribution in [3.05, 3.63) is 23.8 Å². The number of nitrogen functional groups attached to an aromatic ring is 1. The van der Waals surface area contributed by atoms with Crippen molar-refractivity contribution in [3.63, 3.8) is 0 Å². The Morgan fingerprint density at radius 3 is 2.95 bits per heavy atom. The summed E-state index contributed by atoms with van der Waals surface area (Å²) in [5.41, 5.74) is 8.86. The maximum Gasteiger partial charge on any atom is 0.256 e. The first-order valence-electron chi connectivity index (χ1n) is 6.58. The molecule has 2 N–H and O–H groups in total. The molecular weight excluding hydrogens is 264 g/mol. The lowest BCUT2D eigenvalue weighted by Gasteiger charge is -2.31. The fourth-order valence-corrected chi connectivity index (χ4v) is 2.83. The zero-order valence-corrected chi connectivity index (χ0v) is 11.6. The van der Waals surface area contributed by atoms with E-state index in [9.17, 15) is 4.79 Å². The number of halogens is 1. The molecule has 2 aliphatic rings. The molecule has 19 heavy (non-hydrogen) atoms. The van der Waals surface area contributed by atoms with Crippen molar-refractivity contribution in [2.24, 2.45) is 0 Å². The number of ether oxygens (including phenoxy) is 1. The van der Waals surface area contributed by atoms with Gasteiger partial charge < -0.3 is 15.4 Å². The quantitative estimate of drug-likeness (QED) is 0.803. The van der Waals surface area contributed by atoms with Gasteiger partial charge in [0, 0.05) is 24.5 Å². The monoisotopic (exact) mass is 282 g/mol. The maximum absolute atomic E-state index is 12.4. The number of hydrogen-bond donors (Lipinski definition) is 1. The lowest BCUT2D eigenvalue weighted by Crippen LogP contribution is -2.42. The zero-order valence-electron chi connectivity index (χ0n) is 10.8. The summed E-state index contributed by atoms with van der Waals surface area (Å²) < 4.78 is 5.49. The molecule has 1 atom stereocenters. The van der Waals surface area contributed by atoms with Gasteiger partial charge >= 0.3 is 0 Å². The van der Waals surface area contributed by atoms with Gasteiger partial charge in [-0.2, -0.15) is 0 Å². The highest BCUT2D eigenvalue weighted by Crippen LogP contribution is 2.32. The average molecular weight is 283 g/mol. The van der Waals surface area contributed by atoms with E-state index in [0.717, 1.165) is 49.2 Å². The van der Waals surface area contributed by atoms with E-state index in [1.807, 2.05) is 23.1 Å². The summed E-state index contributed by atoms with van der Waals surface area (Å²) >= 11 is 0. The van der Waals surface area contributed by atoms with Gasteiger partial charge in [-0.25, -0.2) is 0 Å². The Balaban J connectivity index is 0.00000133. The predicted molar refractivity (Wildman–Crippen MR) is 77.8 cm³/mol. The van der Waals surface area contributed by atoms with E-state index >= 15 is 0 Å². The Morgan fingerprint density at radius 1 is 1.37 bits per heavy atom. The van der Waals surface area contributed by atoms with Gasteiger partial charge in [0.05, 0.1) is 0 Å². The van der Waals surface area contributed by atoms with Gasteiger partial charge in [0.15, 0.2) is 0 Å². The molecule has 0 saturated carbocycles. The molecule has 1 aromatic carbocycles. The number of rotatable bonds is 1. The standard InChI is InChI=1S/C14H18N2O2.ClH/c15-11-5-1-6-12-10(11)4-2-8-16(12)14(17)13-7-3-9-18-13;/h1,5-6,13H,2-4,7-9,15H2;1H. The number of hydrogen-bond acceptors (Lipinski definition) is 3. The largest absolute Gasteiger partial charge is 0.398 e. The third-order valence-electron chi connectivity index (χ3n) is 3.76. The number of carbonyl (C=O) groups is 1. The molecular formula is C14H19ClN2O2. The minimum atomic E-state index is -0.252.